The lowest BCUT2D eigenvalue weighted by molar-refractivity contribution is -0.113. The Bertz CT molecular complexity index is 154. The second kappa shape index (κ2) is 4.30. The van der Waals surface area contributed by atoms with E-state index in [0.717, 1.165) is 6.08 Å². The van der Waals surface area contributed by atoms with Gasteiger partial charge in [0, 0.05) is 6.16 Å². The monoisotopic (exact) mass is 149 g/mol. The van der Waals surface area contributed by atoms with Crippen molar-refractivity contribution in [2.75, 3.05) is 6.16 Å². The predicted octanol–water partition coefficient (Wildman–Crippen LogP) is -0.505. The standard InChI is InChI=1S/C4H8NO3P/c5-4(6)2-1-3-9(7)8/h1-2,9H,3H2,(H2,5,6)(H,7,8). The summed E-state index contributed by atoms with van der Waals surface area (Å²) >= 11 is 0. The Balaban J connectivity index is 3.48. The maximum atomic E-state index is 9.96. The molecule has 3 N–H and O–H groups in total. The Morgan fingerprint density at radius 3 is 2.67 bits per heavy atom. The first-order valence-corrected chi connectivity index (χ1v) is 3.87. The van der Waals surface area contributed by atoms with E-state index in [-0.39, 0.29) is 6.16 Å². The van der Waals surface area contributed by atoms with E-state index in [4.69, 9.17) is 4.89 Å². The molecule has 0 aromatic heterocycles. The van der Waals surface area contributed by atoms with E-state index in [2.05, 4.69) is 5.73 Å². The van der Waals surface area contributed by atoms with Crippen molar-refractivity contribution in [3.05, 3.63) is 12.2 Å². The molecule has 4 nitrogen and oxygen atoms in total. The van der Waals surface area contributed by atoms with Crippen molar-refractivity contribution in [2.45, 2.75) is 0 Å². The minimum Gasteiger partial charge on any atom is -0.366 e. The van der Waals surface area contributed by atoms with Crippen molar-refractivity contribution in [3.63, 3.8) is 0 Å². The van der Waals surface area contributed by atoms with E-state index in [1.165, 1.54) is 6.08 Å². The summed E-state index contributed by atoms with van der Waals surface area (Å²) < 4.78 is 9.96. The molecule has 1 unspecified atom stereocenters. The van der Waals surface area contributed by atoms with Crippen LogP contribution in [0.15, 0.2) is 12.2 Å². The third-order valence-electron chi connectivity index (χ3n) is 0.575. The largest absolute Gasteiger partial charge is 0.366 e. The van der Waals surface area contributed by atoms with E-state index in [9.17, 15) is 9.36 Å². The highest BCUT2D eigenvalue weighted by molar-refractivity contribution is 7.38. The van der Waals surface area contributed by atoms with E-state index in [1.807, 2.05) is 0 Å². The van der Waals surface area contributed by atoms with Gasteiger partial charge in [0.05, 0.1) is 0 Å². The Hall–Kier alpha value is -0.600. The molecular formula is C4H8NO3P. The third kappa shape index (κ3) is 7.40. The second-order valence-corrected chi connectivity index (χ2v) is 2.60. The minimum atomic E-state index is -2.47. The molecule has 0 aliphatic heterocycles. The first kappa shape index (κ1) is 8.40. The number of amides is 1. The Morgan fingerprint density at radius 1 is 1.78 bits per heavy atom. The van der Waals surface area contributed by atoms with Gasteiger partial charge >= 0.3 is 0 Å². The summed E-state index contributed by atoms with van der Waals surface area (Å²) in [5.74, 6) is -0.599. The molecule has 52 valence electrons. The third-order valence-corrected chi connectivity index (χ3v) is 1.16. The Labute approximate surface area is 53.2 Å². The van der Waals surface area contributed by atoms with Crippen molar-refractivity contribution < 1.29 is 14.3 Å². The van der Waals surface area contributed by atoms with Crippen LogP contribution in [-0.4, -0.2) is 17.0 Å². The van der Waals surface area contributed by atoms with Gasteiger partial charge < -0.3 is 10.6 Å². The lowest BCUT2D eigenvalue weighted by atomic mass is 10.5. The second-order valence-electron chi connectivity index (χ2n) is 1.40. The highest BCUT2D eigenvalue weighted by atomic mass is 31.1. The zero-order valence-corrected chi connectivity index (χ0v) is 5.70. The first-order chi connectivity index (χ1) is 4.13. The van der Waals surface area contributed by atoms with Gasteiger partial charge in [-0.25, -0.2) is 0 Å². The molecule has 0 heterocycles. The molecule has 0 bridgehead atoms. The molecule has 0 aliphatic carbocycles. The van der Waals surface area contributed by atoms with Crippen molar-refractivity contribution >= 4 is 13.9 Å². The summed E-state index contributed by atoms with van der Waals surface area (Å²) in [6.45, 7) is 0. The molecule has 0 fully saturated rings. The van der Waals surface area contributed by atoms with Gasteiger partial charge in [-0.3, -0.25) is 9.36 Å². The zero-order valence-electron chi connectivity index (χ0n) is 4.70. The molecule has 0 saturated carbocycles. The number of rotatable bonds is 3. The number of nitrogens with two attached hydrogens (primary N) is 1. The molecule has 0 aromatic carbocycles. The van der Waals surface area contributed by atoms with E-state index in [0.29, 0.717) is 0 Å². The fourth-order valence-electron chi connectivity index (χ4n) is 0.276. The fraction of sp³-hybridized carbons (Fsp3) is 0.250. The van der Waals surface area contributed by atoms with Crippen molar-refractivity contribution in [1.29, 1.82) is 0 Å². The van der Waals surface area contributed by atoms with Crippen LogP contribution in [-0.2, 0) is 9.36 Å². The summed E-state index contributed by atoms with van der Waals surface area (Å²) in [4.78, 5) is 18.2. The number of carbonyl (C=O) groups is 1. The van der Waals surface area contributed by atoms with Crippen LogP contribution in [0.2, 0.25) is 0 Å². The van der Waals surface area contributed by atoms with E-state index < -0.39 is 13.9 Å². The quantitative estimate of drug-likeness (QED) is 0.419. The van der Waals surface area contributed by atoms with Crippen LogP contribution >= 0.6 is 8.03 Å². The van der Waals surface area contributed by atoms with Crippen LogP contribution in [0.4, 0.5) is 0 Å². The minimum absolute atomic E-state index is 0.0214. The van der Waals surface area contributed by atoms with Gasteiger partial charge in [0.2, 0.25) is 5.91 Å². The number of allylic oxidation sites excluding steroid dienone is 1. The van der Waals surface area contributed by atoms with Gasteiger partial charge in [-0.05, 0) is 6.08 Å². The van der Waals surface area contributed by atoms with Gasteiger partial charge in [-0.15, -0.1) is 0 Å². The number of hydrogen-bond donors (Lipinski definition) is 2. The Kier molecular flexibility index (Phi) is 4.01. The summed E-state index contributed by atoms with van der Waals surface area (Å²) in [6.07, 6.45) is 2.37. The summed E-state index contributed by atoms with van der Waals surface area (Å²) in [6, 6.07) is 0. The van der Waals surface area contributed by atoms with Crippen molar-refractivity contribution in [1.82, 2.24) is 0 Å². The number of primary amides is 1. The zero-order chi connectivity index (χ0) is 7.28. The lowest BCUT2D eigenvalue weighted by Gasteiger charge is -1.82. The normalized spacial score (nSPS) is 13.9. The molecule has 0 saturated heterocycles. The molecular weight excluding hydrogens is 141 g/mol. The van der Waals surface area contributed by atoms with Gasteiger partial charge in [-0.1, -0.05) is 6.08 Å². The topological polar surface area (TPSA) is 80.4 Å². The molecule has 5 heteroatoms. The maximum Gasteiger partial charge on any atom is 0.241 e. The molecule has 0 radical (unpaired) electrons. The molecule has 0 aromatic rings. The van der Waals surface area contributed by atoms with Crippen LogP contribution in [0.25, 0.3) is 0 Å². The fourth-order valence-corrected chi connectivity index (χ4v) is 0.595. The van der Waals surface area contributed by atoms with Crippen molar-refractivity contribution in [2.24, 2.45) is 5.73 Å². The predicted molar refractivity (Wildman–Crippen MR) is 34.4 cm³/mol. The summed E-state index contributed by atoms with van der Waals surface area (Å²) in [5.41, 5.74) is 4.68. The average molecular weight is 149 g/mol. The van der Waals surface area contributed by atoms with Gasteiger partial charge in [-0.2, -0.15) is 0 Å². The molecule has 0 aliphatic rings. The summed E-state index contributed by atoms with van der Waals surface area (Å²) in [7, 11) is -2.47. The van der Waals surface area contributed by atoms with Crippen LogP contribution in [0.1, 0.15) is 0 Å². The lowest BCUT2D eigenvalue weighted by Crippen LogP contribution is -2.05. The van der Waals surface area contributed by atoms with E-state index in [1.54, 1.807) is 0 Å². The molecule has 0 rings (SSSR count). The molecule has 9 heavy (non-hydrogen) atoms. The Morgan fingerprint density at radius 2 is 2.33 bits per heavy atom. The van der Waals surface area contributed by atoms with E-state index >= 15 is 0 Å². The SMILES string of the molecule is NC(=O)C=CC[PH](=O)O. The first-order valence-electron chi connectivity index (χ1n) is 2.30. The van der Waals surface area contributed by atoms with Crippen LogP contribution in [0.3, 0.4) is 0 Å². The van der Waals surface area contributed by atoms with Gasteiger partial charge in [0.15, 0.2) is 8.03 Å². The summed E-state index contributed by atoms with van der Waals surface area (Å²) in [5, 5.41) is 0. The van der Waals surface area contributed by atoms with Crippen LogP contribution < -0.4 is 5.73 Å². The highest BCUT2D eigenvalue weighted by Gasteiger charge is 1.86. The maximum absolute atomic E-state index is 9.96. The van der Waals surface area contributed by atoms with Gasteiger partial charge in [0.1, 0.15) is 0 Å². The number of carbonyl (C=O) groups excluding carboxylic acids is 1. The molecule has 0 spiro atoms. The molecule has 1 amide bonds. The van der Waals surface area contributed by atoms with Crippen LogP contribution in [0.5, 0.6) is 0 Å². The number of hydrogen-bond acceptors (Lipinski definition) is 2. The smallest absolute Gasteiger partial charge is 0.241 e. The van der Waals surface area contributed by atoms with Crippen molar-refractivity contribution in [3.8, 4) is 0 Å². The van der Waals surface area contributed by atoms with Gasteiger partial charge in [0.25, 0.3) is 0 Å². The molecule has 1 atom stereocenters. The average Bonchev–Trinajstić information content (AvgIpc) is 1.63. The highest BCUT2D eigenvalue weighted by Crippen LogP contribution is 2.10. The van der Waals surface area contributed by atoms with Crippen LogP contribution in [0, 0.1) is 0 Å².